The lowest BCUT2D eigenvalue weighted by molar-refractivity contribution is -0.140. The van der Waals surface area contributed by atoms with Gasteiger partial charge in [-0.15, -0.1) is 0 Å². The first kappa shape index (κ1) is 22.8. The number of aromatic hydroxyl groups is 1. The Bertz CT molecular complexity index is 1250. The minimum atomic E-state index is -0.972. The fraction of sp³-hybridized carbons (Fsp3) is 0.154. The summed E-state index contributed by atoms with van der Waals surface area (Å²) in [6.45, 7) is -0.00373. The summed E-state index contributed by atoms with van der Waals surface area (Å²) in [5, 5.41) is 21.1. The molecule has 1 fully saturated rings. The van der Waals surface area contributed by atoms with Crippen LogP contribution in [0.1, 0.15) is 22.7 Å². The summed E-state index contributed by atoms with van der Waals surface area (Å²) in [6, 6.07) is 15.4. The van der Waals surface area contributed by atoms with Crippen molar-refractivity contribution in [3.8, 4) is 17.2 Å². The van der Waals surface area contributed by atoms with Crippen LogP contribution in [0.2, 0.25) is 0 Å². The molecule has 0 aromatic heterocycles. The van der Waals surface area contributed by atoms with Gasteiger partial charge in [0, 0.05) is 6.54 Å². The Balaban J connectivity index is 1.92. The second-order valence-electron chi connectivity index (χ2n) is 7.68. The van der Waals surface area contributed by atoms with Crippen molar-refractivity contribution in [2.45, 2.75) is 12.6 Å². The second-order valence-corrected chi connectivity index (χ2v) is 7.68. The summed E-state index contributed by atoms with van der Waals surface area (Å²) in [5.74, 6) is -2.07. The molecule has 1 amide bonds. The van der Waals surface area contributed by atoms with Gasteiger partial charge in [0.1, 0.15) is 34.4 Å². The Morgan fingerprint density at radius 2 is 1.53 bits per heavy atom. The number of ether oxygens (including phenoxy) is 2. The van der Waals surface area contributed by atoms with Crippen molar-refractivity contribution in [2.24, 2.45) is 0 Å². The van der Waals surface area contributed by atoms with Gasteiger partial charge in [-0.05, 0) is 47.5 Å². The molecule has 2 N–H and O–H groups in total. The lowest BCUT2D eigenvalue weighted by Gasteiger charge is -2.26. The molecule has 4 rings (SSSR count). The molecule has 0 radical (unpaired) electrons. The molecule has 3 aromatic carbocycles. The molecule has 1 atom stereocenters. The number of aliphatic hydroxyl groups is 1. The van der Waals surface area contributed by atoms with Gasteiger partial charge >= 0.3 is 0 Å². The molecule has 1 aliphatic heterocycles. The van der Waals surface area contributed by atoms with Gasteiger partial charge in [0.05, 0.1) is 25.8 Å². The average molecular weight is 463 g/mol. The van der Waals surface area contributed by atoms with Gasteiger partial charge in [-0.3, -0.25) is 9.59 Å². The molecule has 8 heteroatoms. The number of aliphatic hydroxyl groups excluding tert-OH is 1. The maximum atomic E-state index is 13.4. The molecule has 34 heavy (non-hydrogen) atoms. The van der Waals surface area contributed by atoms with Gasteiger partial charge in [-0.25, -0.2) is 4.39 Å². The maximum absolute atomic E-state index is 13.4. The van der Waals surface area contributed by atoms with E-state index in [1.807, 2.05) is 0 Å². The van der Waals surface area contributed by atoms with Crippen molar-refractivity contribution in [1.82, 2.24) is 4.90 Å². The molecule has 0 aliphatic carbocycles. The molecular formula is C26H22FNO6. The molecule has 1 unspecified atom stereocenters. The number of methoxy groups -OCH3 is 2. The molecule has 0 saturated carbocycles. The number of likely N-dealkylation sites (tertiary alicyclic amines) is 1. The Morgan fingerprint density at radius 1 is 0.941 bits per heavy atom. The van der Waals surface area contributed by atoms with E-state index in [4.69, 9.17) is 9.47 Å². The third-order valence-electron chi connectivity index (χ3n) is 5.68. The van der Waals surface area contributed by atoms with Crippen LogP contribution in [0.25, 0.3) is 5.76 Å². The summed E-state index contributed by atoms with van der Waals surface area (Å²) >= 11 is 0. The highest BCUT2D eigenvalue weighted by Crippen LogP contribution is 2.44. The number of amides is 1. The van der Waals surface area contributed by atoms with Crippen LogP contribution in [-0.4, -0.2) is 41.0 Å². The molecule has 7 nitrogen and oxygen atoms in total. The topological polar surface area (TPSA) is 96.3 Å². The number of ketones is 1. The lowest BCUT2D eigenvalue weighted by atomic mass is 9.94. The Hall–Kier alpha value is -4.33. The molecule has 0 spiro atoms. The van der Waals surface area contributed by atoms with Crippen LogP contribution in [0.15, 0.2) is 72.3 Å². The largest absolute Gasteiger partial charge is 0.508 e. The number of benzene rings is 3. The normalized spacial score (nSPS) is 17.1. The minimum absolute atomic E-state index is 0.00373. The molecule has 3 aromatic rings. The van der Waals surface area contributed by atoms with E-state index in [9.17, 15) is 24.2 Å². The summed E-state index contributed by atoms with van der Waals surface area (Å²) in [6.07, 6.45) is 0. The number of rotatable bonds is 6. The van der Waals surface area contributed by atoms with Gasteiger partial charge in [0.2, 0.25) is 0 Å². The first-order valence-electron chi connectivity index (χ1n) is 10.4. The zero-order valence-electron chi connectivity index (χ0n) is 18.5. The van der Waals surface area contributed by atoms with Crippen LogP contribution >= 0.6 is 0 Å². The monoisotopic (exact) mass is 463 g/mol. The maximum Gasteiger partial charge on any atom is 0.295 e. The molecular weight excluding hydrogens is 441 g/mol. The first-order valence-corrected chi connectivity index (χ1v) is 10.4. The number of phenols is 1. The number of nitrogens with zero attached hydrogens (tertiary/aromatic N) is 1. The summed E-state index contributed by atoms with van der Waals surface area (Å²) in [7, 11) is 2.83. The third-order valence-corrected chi connectivity index (χ3v) is 5.68. The number of hydrogen-bond acceptors (Lipinski definition) is 6. The number of phenolic OH excluding ortho intramolecular Hbond substituents is 1. The van der Waals surface area contributed by atoms with Crippen LogP contribution in [0.5, 0.6) is 17.2 Å². The standard InChI is InChI=1S/C26H22FNO6/c1-33-19-4-3-5-20(34-2)21(19)24(30)22-23(16-8-12-18(29)13-9-16)28(26(32)25(22)31)14-15-6-10-17(27)11-7-15/h3-13,23,29-30H,14H2,1-2H3/b24-22+. The van der Waals surface area contributed by atoms with Crippen LogP contribution in [0.4, 0.5) is 4.39 Å². The zero-order chi connectivity index (χ0) is 24.4. The van der Waals surface area contributed by atoms with Crippen molar-refractivity contribution in [3.05, 3.63) is 94.8 Å². The molecule has 1 aliphatic rings. The molecule has 0 bridgehead atoms. The fourth-order valence-corrected chi connectivity index (χ4v) is 4.05. The van der Waals surface area contributed by atoms with E-state index in [0.717, 1.165) is 0 Å². The highest BCUT2D eigenvalue weighted by molar-refractivity contribution is 6.46. The van der Waals surface area contributed by atoms with Crippen molar-refractivity contribution < 1.29 is 33.7 Å². The van der Waals surface area contributed by atoms with Gasteiger partial charge in [-0.1, -0.05) is 30.3 Å². The van der Waals surface area contributed by atoms with Crippen molar-refractivity contribution >= 4 is 17.4 Å². The lowest BCUT2D eigenvalue weighted by Crippen LogP contribution is -2.29. The smallest absolute Gasteiger partial charge is 0.295 e. The van der Waals surface area contributed by atoms with E-state index >= 15 is 0 Å². The Labute approximate surface area is 195 Å². The van der Waals surface area contributed by atoms with Gasteiger partial charge < -0.3 is 24.6 Å². The zero-order valence-corrected chi connectivity index (χ0v) is 18.5. The Kier molecular flexibility index (Phi) is 6.23. The van der Waals surface area contributed by atoms with Gasteiger partial charge in [-0.2, -0.15) is 0 Å². The van der Waals surface area contributed by atoms with E-state index in [1.54, 1.807) is 30.3 Å². The molecule has 174 valence electrons. The molecule has 1 saturated heterocycles. The highest BCUT2D eigenvalue weighted by atomic mass is 19.1. The Morgan fingerprint density at radius 3 is 2.09 bits per heavy atom. The van der Waals surface area contributed by atoms with E-state index < -0.39 is 29.3 Å². The van der Waals surface area contributed by atoms with Crippen LogP contribution in [-0.2, 0) is 16.1 Å². The highest BCUT2D eigenvalue weighted by Gasteiger charge is 2.46. The van der Waals surface area contributed by atoms with Crippen LogP contribution in [0.3, 0.4) is 0 Å². The average Bonchev–Trinajstić information content (AvgIpc) is 3.09. The van der Waals surface area contributed by atoms with E-state index in [2.05, 4.69) is 0 Å². The predicted octanol–water partition coefficient (Wildman–Crippen LogP) is 4.17. The number of Topliss-reactive ketones (excluding diaryl/α,β-unsaturated/α-hetero) is 1. The summed E-state index contributed by atoms with van der Waals surface area (Å²) in [5.41, 5.74) is 1.08. The number of carbonyl (C=O) groups excluding carboxylic acids is 2. The number of hydrogen-bond donors (Lipinski definition) is 2. The van der Waals surface area contributed by atoms with E-state index in [1.165, 1.54) is 55.5 Å². The summed E-state index contributed by atoms with van der Waals surface area (Å²) in [4.78, 5) is 27.7. The minimum Gasteiger partial charge on any atom is -0.508 e. The number of carbonyl (C=O) groups is 2. The van der Waals surface area contributed by atoms with Crippen molar-refractivity contribution in [1.29, 1.82) is 0 Å². The third kappa shape index (κ3) is 4.05. The SMILES string of the molecule is COc1cccc(OC)c1/C(O)=C1\C(=O)C(=O)N(Cc2ccc(F)cc2)C1c1ccc(O)cc1. The van der Waals surface area contributed by atoms with Gasteiger partial charge in [0.25, 0.3) is 11.7 Å². The second kappa shape index (κ2) is 9.27. The van der Waals surface area contributed by atoms with Gasteiger partial charge in [0.15, 0.2) is 0 Å². The quantitative estimate of drug-likeness (QED) is 0.324. The van der Waals surface area contributed by atoms with Crippen molar-refractivity contribution in [2.75, 3.05) is 14.2 Å². The van der Waals surface area contributed by atoms with Crippen molar-refractivity contribution in [3.63, 3.8) is 0 Å². The molecule has 1 heterocycles. The number of halogens is 1. The predicted molar refractivity (Wildman–Crippen MR) is 122 cm³/mol. The fourth-order valence-electron chi connectivity index (χ4n) is 4.05. The van der Waals surface area contributed by atoms with E-state index in [0.29, 0.717) is 11.1 Å². The van der Waals surface area contributed by atoms with E-state index in [-0.39, 0.29) is 34.9 Å². The van der Waals surface area contributed by atoms with Crippen LogP contribution in [0, 0.1) is 5.82 Å². The van der Waals surface area contributed by atoms with Crippen LogP contribution < -0.4 is 9.47 Å². The summed E-state index contributed by atoms with van der Waals surface area (Å²) < 4.78 is 24.1. The first-order chi connectivity index (χ1) is 16.3.